The highest BCUT2D eigenvalue weighted by atomic mass is 32.2. The summed E-state index contributed by atoms with van der Waals surface area (Å²) in [6, 6.07) is 7.68. The fourth-order valence-corrected chi connectivity index (χ4v) is 5.04. The number of hydrogen-bond acceptors (Lipinski definition) is 8. The van der Waals surface area contributed by atoms with Crippen molar-refractivity contribution in [3.05, 3.63) is 41.5 Å². The molecule has 0 atom stereocenters. The fourth-order valence-electron chi connectivity index (χ4n) is 3.45. The number of methoxy groups -OCH3 is 4. The third kappa shape index (κ3) is 5.32. The number of morpholine rings is 1. The number of benzene rings is 2. The minimum atomic E-state index is -3.86. The quantitative estimate of drug-likeness (QED) is 0.577. The first-order chi connectivity index (χ1) is 15.8. The zero-order valence-corrected chi connectivity index (χ0v) is 19.9. The molecule has 0 unspecified atom stereocenters. The summed E-state index contributed by atoms with van der Waals surface area (Å²) in [6.07, 6.45) is 0. The number of carbonyl (C=O) groups excluding carboxylic acids is 1. The van der Waals surface area contributed by atoms with Crippen LogP contribution in [0.4, 0.5) is 0 Å². The smallest absolute Gasteiger partial charge is 0.251 e. The summed E-state index contributed by atoms with van der Waals surface area (Å²) in [5.74, 6) is 1.22. The minimum Gasteiger partial charge on any atom is -0.496 e. The van der Waals surface area contributed by atoms with Crippen LogP contribution in [0.5, 0.6) is 23.0 Å². The maximum absolute atomic E-state index is 13.2. The Morgan fingerprint density at radius 3 is 2.12 bits per heavy atom. The lowest BCUT2D eigenvalue weighted by atomic mass is 10.1. The van der Waals surface area contributed by atoms with Gasteiger partial charge in [-0.05, 0) is 24.3 Å². The largest absolute Gasteiger partial charge is 0.496 e. The normalized spacial score (nSPS) is 14.4. The van der Waals surface area contributed by atoms with Crippen molar-refractivity contribution in [3.63, 3.8) is 0 Å². The third-order valence-electron chi connectivity index (χ3n) is 5.24. The average molecular weight is 481 g/mol. The van der Waals surface area contributed by atoms with Crippen LogP contribution in [0.3, 0.4) is 0 Å². The summed E-state index contributed by atoms with van der Waals surface area (Å²) in [4.78, 5) is 12.8. The first kappa shape index (κ1) is 24.6. The zero-order chi connectivity index (χ0) is 24.0. The van der Waals surface area contributed by atoms with Gasteiger partial charge in [-0.25, -0.2) is 8.42 Å². The summed E-state index contributed by atoms with van der Waals surface area (Å²) in [5, 5.41) is 2.79. The van der Waals surface area contributed by atoms with Gasteiger partial charge < -0.3 is 29.0 Å². The number of nitrogens with zero attached hydrogens (tertiary/aromatic N) is 1. The molecule has 3 rings (SSSR count). The van der Waals surface area contributed by atoms with Gasteiger partial charge in [-0.3, -0.25) is 4.79 Å². The number of amides is 1. The summed E-state index contributed by atoms with van der Waals surface area (Å²) in [7, 11) is 2.07. The van der Waals surface area contributed by atoms with Crippen molar-refractivity contribution in [1.82, 2.24) is 9.62 Å². The molecule has 1 N–H and O–H groups in total. The molecule has 1 aliphatic heterocycles. The molecule has 0 radical (unpaired) electrons. The highest BCUT2D eigenvalue weighted by Crippen LogP contribution is 2.34. The van der Waals surface area contributed by atoms with Crippen molar-refractivity contribution < 1.29 is 36.9 Å². The maximum Gasteiger partial charge on any atom is 0.251 e. The topological polar surface area (TPSA) is 113 Å². The second-order valence-electron chi connectivity index (χ2n) is 7.08. The molecular weight excluding hydrogens is 452 g/mol. The first-order valence-corrected chi connectivity index (χ1v) is 11.6. The third-order valence-corrected chi connectivity index (χ3v) is 7.16. The second-order valence-corrected chi connectivity index (χ2v) is 8.99. The van der Waals surface area contributed by atoms with E-state index in [1.807, 2.05) is 0 Å². The van der Waals surface area contributed by atoms with Gasteiger partial charge in [0.25, 0.3) is 5.91 Å². The summed E-state index contributed by atoms with van der Waals surface area (Å²) in [6.45, 7) is 1.23. The Hall–Kier alpha value is -3.02. The van der Waals surface area contributed by atoms with Crippen LogP contribution >= 0.6 is 0 Å². The van der Waals surface area contributed by atoms with E-state index in [9.17, 15) is 13.2 Å². The molecule has 1 amide bonds. The predicted octanol–water partition coefficient (Wildman–Crippen LogP) is 1.67. The molecule has 0 spiro atoms. The van der Waals surface area contributed by atoms with Crippen LogP contribution < -0.4 is 24.3 Å². The van der Waals surface area contributed by atoms with E-state index in [0.29, 0.717) is 36.0 Å². The van der Waals surface area contributed by atoms with Gasteiger partial charge in [0.05, 0.1) is 41.7 Å². The number of rotatable bonds is 9. The number of carbonyl (C=O) groups is 1. The average Bonchev–Trinajstić information content (AvgIpc) is 2.86. The van der Waals surface area contributed by atoms with Crippen LogP contribution in [0.15, 0.2) is 35.2 Å². The Morgan fingerprint density at radius 2 is 1.52 bits per heavy atom. The zero-order valence-electron chi connectivity index (χ0n) is 19.0. The number of nitrogens with one attached hydrogen (secondary N) is 1. The highest BCUT2D eigenvalue weighted by molar-refractivity contribution is 7.89. The van der Waals surface area contributed by atoms with E-state index in [4.69, 9.17) is 23.7 Å². The van der Waals surface area contributed by atoms with E-state index in [-0.39, 0.29) is 35.8 Å². The van der Waals surface area contributed by atoms with Gasteiger partial charge in [-0.1, -0.05) is 0 Å². The van der Waals surface area contributed by atoms with Gasteiger partial charge in [0, 0.05) is 36.8 Å². The van der Waals surface area contributed by atoms with Crippen LogP contribution in [-0.2, 0) is 21.3 Å². The van der Waals surface area contributed by atoms with Crippen molar-refractivity contribution in [2.75, 3.05) is 54.7 Å². The van der Waals surface area contributed by atoms with E-state index in [0.717, 1.165) is 0 Å². The van der Waals surface area contributed by atoms with Gasteiger partial charge in [0.15, 0.2) is 11.5 Å². The molecule has 1 aliphatic rings. The SMILES string of the molecule is COc1cc(OC)c(OC)cc1CNC(=O)c1ccc(OC)c(S(=O)(=O)N2CCOCC2)c1. The van der Waals surface area contributed by atoms with Crippen molar-refractivity contribution >= 4 is 15.9 Å². The van der Waals surface area contributed by atoms with Gasteiger partial charge >= 0.3 is 0 Å². The summed E-state index contributed by atoms with van der Waals surface area (Å²) in [5.41, 5.74) is 0.847. The van der Waals surface area contributed by atoms with E-state index >= 15 is 0 Å². The van der Waals surface area contributed by atoms with Crippen molar-refractivity contribution in [1.29, 1.82) is 0 Å². The summed E-state index contributed by atoms with van der Waals surface area (Å²) >= 11 is 0. The predicted molar refractivity (Wildman–Crippen MR) is 120 cm³/mol. The second kappa shape index (κ2) is 10.7. The molecule has 2 aromatic rings. The molecule has 1 saturated heterocycles. The molecule has 0 aromatic heterocycles. The van der Waals surface area contributed by atoms with Crippen LogP contribution in [-0.4, -0.2) is 73.4 Å². The van der Waals surface area contributed by atoms with E-state index < -0.39 is 15.9 Å². The van der Waals surface area contributed by atoms with Crippen molar-refractivity contribution in [2.24, 2.45) is 0 Å². The van der Waals surface area contributed by atoms with Gasteiger partial charge in [0.2, 0.25) is 10.0 Å². The molecular formula is C22H28N2O8S. The molecule has 1 heterocycles. The number of ether oxygens (including phenoxy) is 5. The Morgan fingerprint density at radius 1 is 0.909 bits per heavy atom. The Labute approximate surface area is 193 Å². The monoisotopic (exact) mass is 480 g/mol. The Bertz CT molecular complexity index is 1100. The molecule has 10 nitrogen and oxygen atoms in total. The van der Waals surface area contributed by atoms with Crippen LogP contribution in [0.2, 0.25) is 0 Å². The molecule has 33 heavy (non-hydrogen) atoms. The van der Waals surface area contributed by atoms with E-state index in [1.54, 1.807) is 12.1 Å². The molecule has 180 valence electrons. The first-order valence-electron chi connectivity index (χ1n) is 10.2. The Balaban J connectivity index is 1.84. The Kier molecular flexibility index (Phi) is 8.01. The molecule has 11 heteroatoms. The van der Waals surface area contributed by atoms with Crippen molar-refractivity contribution in [2.45, 2.75) is 11.4 Å². The van der Waals surface area contributed by atoms with E-state index in [2.05, 4.69) is 5.32 Å². The lowest BCUT2D eigenvalue weighted by Gasteiger charge is -2.26. The van der Waals surface area contributed by atoms with Crippen molar-refractivity contribution in [3.8, 4) is 23.0 Å². The number of sulfonamides is 1. The van der Waals surface area contributed by atoms with E-state index in [1.165, 1.54) is 50.9 Å². The fraction of sp³-hybridized carbons (Fsp3) is 0.409. The van der Waals surface area contributed by atoms with Crippen LogP contribution in [0, 0.1) is 0 Å². The number of hydrogen-bond donors (Lipinski definition) is 1. The van der Waals surface area contributed by atoms with Gasteiger partial charge in [-0.2, -0.15) is 4.31 Å². The standard InChI is InChI=1S/C22H28N2O8S/c1-28-17-6-5-15(12-21(17)33(26,27)24-7-9-32-10-8-24)22(25)23-14-16-11-19(30-3)20(31-4)13-18(16)29-2/h5-6,11-13H,7-10,14H2,1-4H3,(H,23,25). The molecule has 0 aliphatic carbocycles. The molecule has 2 aromatic carbocycles. The summed E-state index contributed by atoms with van der Waals surface area (Å²) < 4.78 is 54.1. The van der Waals surface area contributed by atoms with Gasteiger partial charge in [0.1, 0.15) is 16.4 Å². The van der Waals surface area contributed by atoms with Crippen LogP contribution in [0.1, 0.15) is 15.9 Å². The molecule has 0 saturated carbocycles. The van der Waals surface area contributed by atoms with Crippen LogP contribution in [0.25, 0.3) is 0 Å². The molecule has 0 bridgehead atoms. The minimum absolute atomic E-state index is 0.0664. The maximum atomic E-state index is 13.2. The lowest BCUT2D eigenvalue weighted by molar-refractivity contribution is 0.0729. The lowest BCUT2D eigenvalue weighted by Crippen LogP contribution is -2.40. The highest BCUT2D eigenvalue weighted by Gasteiger charge is 2.30. The van der Waals surface area contributed by atoms with Gasteiger partial charge in [-0.15, -0.1) is 0 Å². The molecule has 1 fully saturated rings.